The third kappa shape index (κ3) is 3.60. The van der Waals surface area contributed by atoms with Crippen LogP contribution >= 0.6 is 0 Å². The lowest BCUT2D eigenvalue weighted by atomic mass is 9.93. The predicted octanol–water partition coefficient (Wildman–Crippen LogP) is 3.25. The minimum Gasteiger partial charge on any atom is -0.436 e. The summed E-state index contributed by atoms with van der Waals surface area (Å²) in [5, 5.41) is 0. The molecular formula is C17H22N4O. The first-order valence-electron chi connectivity index (χ1n) is 7.98. The van der Waals surface area contributed by atoms with Crippen LogP contribution in [-0.2, 0) is 0 Å². The summed E-state index contributed by atoms with van der Waals surface area (Å²) >= 11 is 0. The molecule has 0 N–H and O–H groups in total. The molecule has 5 heteroatoms. The molecule has 22 heavy (non-hydrogen) atoms. The van der Waals surface area contributed by atoms with Gasteiger partial charge in [-0.1, -0.05) is 6.92 Å². The van der Waals surface area contributed by atoms with E-state index in [0.29, 0.717) is 17.5 Å². The van der Waals surface area contributed by atoms with Gasteiger partial charge in [0.2, 0.25) is 5.88 Å². The summed E-state index contributed by atoms with van der Waals surface area (Å²) < 4.78 is 5.89. The van der Waals surface area contributed by atoms with Crippen molar-refractivity contribution in [2.45, 2.75) is 32.1 Å². The van der Waals surface area contributed by atoms with Crippen LogP contribution < -0.4 is 4.74 Å². The summed E-state index contributed by atoms with van der Waals surface area (Å²) in [6, 6.07) is 3.74. The molecule has 3 heterocycles. The molecule has 1 saturated heterocycles. The Bertz CT molecular complexity index is 582. The van der Waals surface area contributed by atoms with Crippen molar-refractivity contribution < 1.29 is 4.74 Å². The van der Waals surface area contributed by atoms with Crippen molar-refractivity contribution in [1.82, 2.24) is 19.9 Å². The molecule has 0 atom stereocenters. The average molecular weight is 298 g/mol. The molecular weight excluding hydrogens is 276 g/mol. The van der Waals surface area contributed by atoms with Gasteiger partial charge in [-0.2, -0.15) is 0 Å². The Balaban J connectivity index is 1.72. The van der Waals surface area contributed by atoms with Gasteiger partial charge in [0, 0.05) is 24.5 Å². The molecule has 0 aliphatic carbocycles. The zero-order chi connectivity index (χ0) is 15.2. The molecule has 0 unspecified atom stereocenters. The van der Waals surface area contributed by atoms with Gasteiger partial charge >= 0.3 is 0 Å². The van der Waals surface area contributed by atoms with Crippen molar-refractivity contribution >= 4 is 0 Å². The fourth-order valence-corrected chi connectivity index (χ4v) is 2.96. The molecule has 0 saturated carbocycles. The van der Waals surface area contributed by atoms with E-state index in [1.807, 2.05) is 12.1 Å². The van der Waals surface area contributed by atoms with Gasteiger partial charge in [-0.25, -0.2) is 4.98 Å². The maximum Gasteiger partial charge on any atom is 0.241 e. The summed E-state index contributed by atoms with van der Waals surface area (Å²) in [7, 11) is 0. The Morgan fingerprint density at radius 1 is 1.18 bits per heavy atom. The molecule has 0 bridgehead atoms. The maximum atomic E-state index is 5.89. The summed E-state index contributed by atoms with van der Waals surface area (Å²) in [5.41, 5.74) is 0.975. The van der Waals surface area contributed by atoms with Crippen molar-refractivity contribution in [3.63, 3.8) is 0 Å². The molecule has 0 amide bonds. The number of hydrogen-bond acceptors (Lipinski definition) is 5. The Kier molecular flexibility index (Phi) is 4.96. The standard InChI is InChI=1S/C17H22N4O/c1-2-10-21-11-5-14(6-12-21)16-17(20-9-8-19-16)22-15-4-3-7-18-13-15/h3-4,7-9,13-14H,2,5-6,10-12H2,1H3. The third-order valence-electron chi connectivity index (χ3n) is 4.05. The smallest absolute Gasteiger partial charge is 0.241 e. The molecule has 1 fully saturated rings. The van der Waals surface area contributed by atoms with E-state index in [0.717, 1.165) is 31.6 Å². The highest BCUT2D eigenvalue weighted by Gasteiger charge is 2.24. The molecule has 3 rings (SSSR count). The molecule has 0 radical (unpaired) electrons. The van der Waals surface area contributed by atoms with Crippen LogP contribution in [0.15, 0.2) is 36.9 Å². The SMILES string of the molecule is CCCN1CCC(c2nccnc2Oc2cccnc2)CC1. The van der Waals surface area contributed by atoms with Crippen LogP contribution in [0.4, 0.5) is 0 Å². The fourth-order valence-electron chi connectivity index (χ4n) is 2.96. The predicted molar refractivity (Wildman–Crippen MR) is 85.0 cm³/mol. The van der Waals surface area contributed by atoms with Crippen LogP contribution in [0.2, 0.25) is 0 Å². The van der Waals surface area contributed by atoms with Crippen LogP contribution in [0.25, 0.3) is 0 Å². The van der Waals surface area contributed by atoms with E-state index in [2.05, 4.69) is 26.8 Å². The lowest BCUT2D eigenvalue weighted by Crippen LogP contribution is -2.33. The Morgan fingerprint density at radius 2 is 2.00 bits per heavy atom. The van der Waals surface area contributed by atoms with Crippen LogP contribution in [-0.4, -0.2) is 39.5 Å². The minimum absolute atomic E-state index is 0.425. The van der Waals surface area contributed by atoms with Gasteiger partial charge in [-0.15, -0.1) is 0 Å². The summed E-state index contributed by atoms with van der Waals surface area (Å²) in [6.45, 7) is 5.67. The largest absolute Gasteiger partial charge is 0.436 e. The molecule has 0 spiro atoms. The van der Waals surface area contributed by atoms with E-state index in [9.17, 15) is 0 Å². The van der Waals surface area contributed by atoms with E-state index in [-0.39, 0.29) is 0 Å². The molecule has 1 aliphatic heterocycles. The highest BCUT2D eigenvalue weighted by molar-refractivity contribution is 5.28. The number of pyridine rings is 1. The second kappa shape index (κ2) is 7.31. The summed E-state index contributed by atoms with van der Waals surface area (Å²) in [4.78, 5) is 15.5. The molecule has 0 aromatic carbocycles. The van der Waals surface area contributed by atoms with Crippen molar-refractivity contribution in [3.05, 3.63) is 42.6 Å². The van der Waals surface area contributed by atoms with Gasteiger partial charge in [-0.05, 0) is 51.0 Å². The molecule has 5 nitrogen and oxygen atoms in total. The fraction of sp³-hybridized carbons (Fsp3) is 0.471. The van der Waals surface area contributed by atoms with Gasteiger partial charge in [0.25, 0.3) is 0 Å². The zero-order valence-electron chi connectivity index (χ0n) is 13.0. The number of aromatic nitrogens is 3. The summed E-state index contributed by atoms with van der Waals surface area (Å²) in [5.74, 6) is 1.74. The number of piperidine rings is 1. The van der Waals surface area contributed by atoms with E-state index < -0.39 is 0 Å². The number of ether oxygens (including phenoxy) is 1. The Hall–Kier alpha value is -2.01. The van der Waals surface area contributed by atoms with Gasteiger partial charge in [0.1, 0.15) is 11.4 Å². The number of hydrogen-bond donors (Lipinski definition) is 0. The van der Waals surface area contributed by atoms with Crippen molar-refractivity contribution in [3.8, 4) is 11.6 Å². The van der Waals surface area contributed by atoms with E-state index in [1.165, 1.54) is 13.0 Å². The number of likely N-dealkylation sites (tertiary alicyclic amines) is 1. The molecule has 1 aliphatic rings. The first-order valence-corrected chi connectivity index (χ1v) is 7.98. The average Bonchev–Trinajstić information content (AvgIpc) is 2.58. The zero-order valence-corrected chi connectivity index (χ0v) is 13.0. The highest BCUT2D eigenvalue weighted by atomic mass is 16.5. The van der Waals surface area contributed by atoms with Crippen molar-refractivity contribution in [2.75, 3.05) is 19.6 Å². The first-order chi connectivity index (χ1) is 10.9. The van der Waals surface area contributed by atoms with Gasteiger partial charge in [0.15, 0.2) is 0 Å². The van der Waals surface area contributed by atoms with Gasteiger partial charge < -0.3 is 9.64 Å². The molecule has 116 valence electrons. The minimum atomic E-state index is 0.425. The second-order valence-electron chi connectivity index (χ2n) is 5.65. The molecule has 2 aromatic rings. The highest BCUT2D eigenvalue weighted by Crippen LogP contribution is 2.33. The van der Waals surface area contributed by atoms with Crippen molar-refractivity contribution in [2.24, 2.45) is 0 Å². The quantitative estimate of drug-likeness (QED) is 0.848. The van der Waals surface area contributed by atoms with E-state index >= 15 is 0 Å². The van der Waals surface area contributed by atoms with E-state index in [4.69, 9.17) is 4.74 Å². The Labute approximate surface area is 131 Å². The maximum absolute atomic E-state index is 5.89. The van der Waals surface area contributed by atoms with Gasteiger partial charge in [0.05, 0.1) is 6.20 Å². The van der Waals surface area contributed by atoms with Crippen LogP contribution in [0.5, 0.6) is 11.6 Å². The lowest BCUT2D eigenvalue weighted by Gasteiger charge is -2.31. The lowest BCUT2D eigenvalue weighted by molar-refractivity contribution is 0.209. The normalized spacial score (nSPS) is 16.6. The van der Waals surface area contributed by atoms with Crippen LogP contribution in [0.3, 0.4) is 0 Å². The first kappa shape index (κ1) is 14.9. The number of rotatable bonds is 5. The number of nitrogens with zero attached hydrogens (tertiary/aromatic N) is 4. The second-order valence-corrected chi connectivity index (χ2v) is 5.65. The van der Waals surface area contributed by atoms with Crippen molar-refractivity contribution in [1.29, 1.82) is 0 Å². The summed E-state index contributed by atoms with van der Waals surface area (Å²) in [6.07, 6.45) is 10.3. The third-order valence-corrected chi connectivity index (χ3v) is 4.05. The van der Waals surface area contributed by atoms with Crippen LogP contribution in [0.1, 0.15) is 37.8 Å². The Morgan fingerprint density at radius 3 is 2.73 bits per heavy atom. The van der Waals surface area contributed by atoms with E-state index in [1.54, 1.807) is 24.8 Å². The van der Waals surface area contributed by atoms with Crippen LogP contribution in [0, 0.1) is 0 Å². The monoisotopic (exact) mass is 298 g/mol. The topological polar surface area (TPSA) is 51.1 Å². The molecule has 2 aromatic heterocycles. The van der Waals surface area contributed by atoms with Gasteiger partial charge in [-0.3, -0.25) is 9.97 Å².